The molecular formula is C21H28BrN3O4S. The highest BCUT2D eigenvalue weighted by Gasteiger charge is 2.22. The van der Waals surface area contributed by atoms with Crippen LogP contribution in [0.3, 0.4) is 0 Å². The van der Waals surface area contributed by atoms with Gasteiger partial charge < -0.3 is 10.1 Å². The molecule has 7 nitrogen and oxygen atoms in total. The van der Waals surface area contributed by atoms with Crippen LogP contribution in [0.4, 0.5) is 5.69 Å². The van der Waals surface area contributed by atoms with Gasteiger partial charge in [-0.15, -0.1) is 0 Å². The third kappa shape index (κ3) is 6.45. The summed E-state index contributed by atoms with van der Waals surface area (Å²) in [4.78, 5) is 14.7. The van der Waals surface area contributed by atoms with Crippen LogP contribution < -0.4 is 14.8 Å². The molecule has 0 saturated carbocycles. The number of likely N-dealkylation sites (N-methyl/N-ethyl adjacent to an activating group) is 1. The molecule has 0 aromatic heterocycles. The van der Waals surface area contributed by atoms with Crippen LogP contribution in [0.25, 0.3) is 0 Å². The summed E-state index contributed by atoms with van der Waals surface area (Å²) in [5, 5.41) is 2.85. The zero-order valence-corrected chi connectivity index (χ0v) is 20.0. The molecule has 2 aromatic carbocycles. The Bertz CT molecular complexity index is 963. The SMILES string of the molecule is CCN(CCNC(=O)c1ccc(OC)c(S(=O)(=O)Nc2ccc(Br)cc2)c1)C(C)C. The Labute approximate surface area is 187 Å². The number of methoxy groups -OCH3 is 1. The smallest absolute Gasteiger partial charge is 0.265 e. The fraction of sp³-hybridized carbons (Fsp3) is 0.381. The molecule has 0 fully saturated rings. The van der Waals surface area contributed by atoms with Crippen LogP contribution in [0.15, 0.2) is 51.8 Å². The Hall–Kier alpha value is -2.10. The summed E-state index contributed by atoms with van der Waals surface area (Å²) in [7, 11) is -2.56. The number of nitrogens with zero attached hydrogens (tertiary/aromatic N) is 1. The quantitative estimate of drug-likeness (QED) is 0.522. The number of hydrogen-bond donors (Lipinski definition) is 2. The minimum absolute atomic E-state index is 0.0991. The van der Waals surface area contributed by atoms with Crippen LogP contribution in [0.2, 0.25) is 0 Å². The van der Waals surface area contributed by atoms with Crippen molar-refractivity contribution in [2.45, 2.75) is 31.7 Å². The predicted octanol–water partition coefficient (Wildman–Crippen LogP) is 3.72. The van der Waals surface area contributed by atoms with Crippen LogP contribution in [-0.2, 0) is 10.0 Å². The number of rotatable bonds is 10. The van der Waals surface area contributed by atoms with E-state index in [0.29, 0.717) is 24.8 Å². The summed E-state index contributed by atoms with van der Waals surface area (Å²) in [6, 6.07) is 11.5. The minimum atomic E-state index is -3.95. The second-order valence-electron chi connectivity index (χ2n) is 6.96. The molecule has 2 aromatic rings. The first-order valence-corrected chi connectivity index (χ1v) is 11.9. The van der Waals surface area contributed by atoms with Crippen molar-refractivity contribution in [2.24, 2.45) is 0 Å². The number of halogens is 1. The van der Waals surface area contributed by atoms with E-state index < -0.39 is 10.0 Å². The first-order valence-electron chi connectivity index (χ1n) is 9.66. The number of carbonyl (C=O) groups is 1. The largest absolute Gasteiger partial charge is 0.495 e. The standard InChI is InChI=1S/C21H28BrN3O4S/c1-5-25(15(2)3)13-12-23-21(26)16-6-11-19(29-4)20(14-16)30(27,28)24-18-9-7-17(22)8-10-18/h6-11,14-15,24H,5,12-13H2,1-4H3,(H,23,26). The molecule has 9 heteroatoms. The summed E-state index contributed by atoms with van der Waals surface area (Å²) in [6.07, 6.45) is 0. The minimum Gasteiger partial charge on any atom is -0.495 e. The van der Waals surface area contributed by atoms with Gasteiger partial charge in [-0.1, -0.05) is 22.9 Å². The summed E-state index contributed by atoms with van der Waals surface area (Å²) >= 11 is 3.32. The molecule has 0 unspecified atom stereocenters. The Balaban J connectivity index is 2.19. The second kappa shape index (κ2) is 10.8. The van der Waals surface area contributed by atoms with Gasteiger partial charge in [-0.25, -0.2) is 8.42 Å². The number of amides is 1. The number of anilines is 1. The van der Waals surface area contributed by atoms with Gasteiger partial charge in [-0.3, -0.25) is 14.4 Å². The maximum absolute atomic E-state index is 12.9. The zero-order valence-electron chi connectivity index (χ0n) is 17.6. The lowest BCUT2D eigenvalue weighted by Crippen LogP contribution is -2.38. The Morgan fingerprint density at radius 2 is 1.83 bits per heavy atom. The van der Waals surface area contributed by atoms with E-state index in [9.17, 15) is 13.2 Å². The molecule has 2 rings (SSSR count). The number of sulfonamides is 1. The predicted molar refractivity (Wildman–Crippen MR) is 123 cm³/mol. The van der Waals surface area contributed by atoms with Crippen molar-refractivity contribution in [1.29, 1.82) is 0 Å². The van der Waals surface area contributed by atoms with Crippen LogP contribution in [0, 0.1) is 0 Å². The molecule has 0 bridgehead atoms. The molecule has 0 heterocycles. The molecule has 0 saturated heterocycles. The van der Waals surface area contributed by atoms with E-state index in [0.717, 1.165) is 11.0 Å². The molecule has 0 aliphatic carbocycles. The van der Waals surface area contributed by atoms with Gasteiger partial charge in [0.2, 0.25) is 0 Å². The van der Waals surface area contributed by atoms with Crippen molar-refractivity contribution < 1.29 is 17.9 Å². The molecule has 0 aliphatic heterocycles. The molecule has 0 aliphatic rings. The van der Waals surface area contributed by atoms with Crippen molar-refractivity contribution in [3.63, 3.8) is 0 Å². The normalized spacial score (nSPS) is 11.6. The molecule has 0 spiro atoms. The number of benzene rings is 2. The summed E-state index contributed by atoms with van der Waals surface area (Å²) in [6.45, 7) is 8.35. The molecule has 0 radical (unpaired) electrons. The highest BCUT2D eigenvalue weighted by atomic mass is 79.9. The monoisotopic (exact) mass is 497 g/mol. The van der Waals surface area contributed by atoms with Crippen molar-refractivity contribution in [3.05, 3.63) is 52.5 Å². The van der Waals surface area contributed by atoms with Crippen molar-refractivity contribution >= 4 is 37.5 Å². The fourth-order valence-corrected chi connectivity index (χ4v) is 4.47. The maximum Gasteiger partial charge on any atom is 0.265 e. The molecule has 30 heavy (non-hydrogen) atoms. The summed E-state index contributed by atoms with van der Waals surface area (Å²) in [5.41, 5.74) is 0.656. The third-order valence-corrected chi connectivity index (χ3v) is 6.56. The Morgan fingerprint density at radius 1 is 1.17 bits per heavy atom. The van der Waals surface area contributed by atoms with Crippen molar-refractivity contribution in [3.8, 4) is 5.75 Å². The second-order valence-corrected chi connectivity index (χ2v) is 9.52. The lowest BCUT2D eigenvalue weighted by molar-refractivity contribution is 0.0945. The fourth-order valence-electron chi connectivity index (χ4n) is 2.95. The molecule has 0 atom stereocenters. The number of carbonyl (C=O) groups excluding carboxylic acids is 1. The van der Waals surface area contributed by atoms with E-state index in [-0.39, 0.29) is 22.1 Å². The summed E-state index contributed by atoms with van der Waals surface area (Å²) < 4.78 is 34.4. The molecule has 2 N–H and O–H groups in total. The topological polar surface area (TPSA) is 87.7 Å². The number of ether oxygens (including phenoxy) is 1. The van der Waals surface area contributed by atoms with Gasteiger partial charge in [-0.2, -0.15) is 0 Å². The highest BCUT2D eigenvalue weighted by Crippen LogP contribution is 2.27. The van der Waals surface area contributed by atoms with E-state index in [1.165, 1.54) is 19.2 Å². The van der Waals surface area contributed by atoms with Gasteiger partial charge >= 0.3 is 0 Å². The van der Waals surface area contributed by atoms with E-state index in [2.05, 4.69) is 51.6 Å². The molecule has 1 amide bonds. The third-order valence-electron chi connectivity index (χ3n) is 4.63. The van der Waals surface area contributed by atoms with E-state index in [1.807, 2.05) is 0 Å². The average Bonchev–Trinajstić information content (AvgIpc) is 2.71. The first kappa shape index (κ1) is 24.2. The van der Waals surface area contributed by atoms with Gasteiger partial charge in [0.1, 0.15) is 10.6 Å². The van der Waals surface area contributed by atoms with Gasteiger partial charge in [0.15, 0.2) is 0 Å². The van der Waals surface area contributed by atoms with E-state index >= 15 is 0 Å². The highest BCUT2D eigenvalue weighted by molar-refractivity contribution is 9.10. The van der Waals surface area contributed by atoms with Crippen LogP contribution in [0.5, 0.6) is 5.75 Å². The van der Waals surface area contributed by atoms with E-state index in [4.69, 9.17) is 4.74 Å². The van der Waals surface area contributed by atoms with Crippen LogP contribution >= 0.6 is 15.9 Å². The maximum atomic E-state index is 12.9. The number of hydrogen-bond acceptors (Lipinski definition) is 5. The Morgan fingerprint density at radius 3 is 2.40 bits per heavy atom. The summed E-state index contributed by atoms with van der Waals surface area (Å²) in [5.74, 6) is -0.175. The first-order chi connectivity index (χ1) is 14.2. The average molecular weight is 498 g/mol. The lowest BCUT2D eigenvalue weighted by Gasteiger charge is -2.24. The number of nitrogens with one attached hydrogen (secondary N) is 2. The van der Waals surface area contributed by atoms with Crippen LogP contribution in [-0.4, -0.2) is 52.0 Å². The van der Waals surface area contributed by atoms with Gasteiger partial charge in [0, 0.05) is 34.9 Å². The van der Waals surface area contributed by atoms with Crippen LogP contribution in [0.1, 0.15) is 31.1 Å². The molecule has 164 valence electrons. The Kier molecular flexibility index (Phi) is 8.69. The van der Waals surface area contributed by atoms with E-state index in [1.54, 1.807) is 30.3 Å². The van der Waals surface area contributed by atoms with Crippen molar-refractivity contribution in [2.75, 3.05) is 31.5 Å². The van der Waals surface area contributed by atoms with Gasteiger partial charge in [0.25, 0.3) is 15.9 Å². The zero-order chi connectivity index (χ0) is 22.3. The van der Waals surface area contributed by atoms with Gasteiger partial charge in [0.05, 0.1) is 7.11 Å². The van der Waals surface area contributed by atoms with Crippen molar-refractivity contribution in [1.82, 2.24) is 10.2 Å². The van der Waals surface area contributed by atoms with Gasteiger partial charge in [-0.05, 0) is 62.9 Å². The lowest BCUT2D eigenvalue weighted by atomic mass is 10.2. The molecular weight excluding hydrogens is 470 g/mol.